The largest absolute Gasteiger partial charge is 0.481 e. The van der Waals surface area contributed by atoms with Crippen molar-refractivity contribution in [2.75, 3.05) is 13.7 Å². The van der Waals surface area contributed by atoms with Crippen LogP contribution in [0, 0.1) is 0 Å². The lowest BCUT2D eigenvalue weighted by atomic mass is 9.98. The Morgan fingerprint density at radius 3 is 2.32 bits per heavy atom. The van der Waals surface area contributed by atoms with E-state index in [-0.39, 0.29) is 19.1 Å². The van der Waals surface area contributed by atoms with Gasteiger partial charge in [-0.2, -0.15) is 4.37 Å². The molecule has 34 heavy (non-hydrogen) atoms. The number of carbonyl (C=O) groups excluding carboxylic acids is 2. The molecule has 1 aliphatic carbocycles. The summed E-state index contributed by atoms with van der Waals surface area (Å²) in [7, 11) is 1.48. The zero-order valence-corrected chi connectivity index (χ0v) is 19.1. The summed E-state index contributed by atoms with van der Waals surface area (Å²) in [5, 5.41) is 14.2. The third kappa shape index (κ3) is 5.18. The summed E-state index contributed by atoms with van der Waals surface area (Å²) in [5.41, 5.74) is 4.29. The van der Waals surface area contributed by atoms with Crippen molar-refractivity contribution < 1.29 is 29.0 Å². The van der Waals surface area contributed by atoms with Gasteiger partial charge in [-0.1, -0.05) is 48.5 Å². The third-order valence-electron chi connectivity index (χ3n) is 5.51. The number of methoxy groups -OCH3 is 1. The van der Waals surface area contributed by atoms with E-state index < -0.39 is 30.4 Å². The van der Waals surface area contributed by atoms with Gasteiger partial charge in [-0.15, -0.1) is 0 Å². The fourth-order valence-corrected chi connectivity index (χ4v) is 4.56. The predicted octanol–water partition coefficient (Wildman–Crippen LogP) is 3.15. The number of aromatic nitrogens is 1. The van der Waals surface area contributed by atoms with Gasteiger partial charge in [0.1, 0.15) is 12.6 Å². The van der Waals surface area contributed by atoms with Crippen molar-refractivity contribution in [2.45, 2.75) is 24.9 Å². The van der Waals surface area contributed by atoms with Crippen LogP contribution in [-0.2, 0) is 20.9 Å². The number of amides is 2. The second-order valence-electron chi connectivity index (χ2n) is 7.67. The van der Waals surface area contributed by atoms with E-state index in [4.69, 9.17) is 9.47 Å². The van der Waals surface area contributed by atoms with Crippen LogP contribution in [0.15, 0.2) is 54.6 Å². The lowest BCUT2D eigenvalue weighted by molar-refractivity contribution is -0.139. The van der Waals surface area contributed by atoms with E-state index in [1.165, 1.54) is 7.11 Å². The molecule has 1 aromatic heterocycles. The molecule has 3 N–H and O–H groups in total. The average Bonchev–Trinajstić information content (AvgIpc) is 3.43. The topological polar surface area (TPSA) is 127 Å². The minimum absolute atomic E-state index is 0.0575. The van der Waals surface area contributed by atoms with Gasteiger partial charge >= 0.3 is 12.1 Å². The number of benzene rings is 2. The summed E-state index contributed by atoms with van der Waals surface area (Å²) >= 11 is 1.15. The van der Waals surface area contributed by atoms with Crippen molar-refractivity contribution >= 4 is 29.5 Å². The number of carboxylic acid groups (broad SMARTS) is 1. The van der Waals surface area contributed by atoms with Gasteiger partial charge in [-0.25, -0.2) is 4.79 Å². The number of rotatable bonds is 9. The fourth-order valence-electron chi connectivity index (χ4n) is 3.94. The highest BCUT2D eigenvalue weighted by molar-refractivity contribution is 7.05. The maximum absolute atomic E-state index is 12.6. The van der Waals surface area contributed by atoms with E-state index in [0.29, 0.717) is 5.88 Å². The Morgan fingerprint density at radius 2 is 1.74 bits per heavy atom. The first-order chi connectivity index (χ1) is 16.5. The van der Waals surface area contributed by atoms with E-state index in [1.54, 1.807) is 6.07 Å². The Bertz CT molecular complexity index is 1170. The Kier molecular flexibility index (Phi) is 7.07. The third-order valence-corrected chi connectivity index (χ3v) is 6.28. The maximum Gasteiger partial charge on any atom is 0.407 e. The summed E-state index contributed by atoms with van der Waals surface area (Å²) in [5.74, 6) is -1.58. The van der Waals surface area contributed by atoms with Gasteiger partial charge in [0, 0.05) is 16.9 Å². The van der Waals surface area contributed by atoms with Crippen LogP contribution in [0.4, 0.5) is 4.79 Å². The van der Waals surface area contributed by atoms with Crippen LogP contribution in [0.5, 0.6) is 5.88 Å². The van der Waals surface area contributed by atoms with Gasteiger partial charge < -0.3 is 25.2 Å². The average molecular weight is 482 g/mol. The Labute approximate surface area is 199 Å². The molecule has 2 amide bonds. The zero-order chi connectivity index (χ0) is 24.1. The molecule has 2 aromatic carbocycles. The summed E-state index contributed by atoms with van der Waals surface area (Å²) < 4.78 is 14.5. The molecule has 4 rings (SSSR count). The molecular weight excluding hydrogens is 458 g/mol. The van der Waals surface area contributed by atoms with Crippen molar-refractivity contribution in [2.24, 2.45) is 0 Å². The molecule has 0 spiro atoms. The number of fused-ring (bicyclic) bond motifs is 3. The SMILES string of the molecule is COc1cc(CNC(=O)C(CC(=O)O)NC(=O)OCC2c3ccccc3-c3ccccc32)sn1. The van der Waals surface area contributed by atoms with Crippen LogP contribution >= 0.6 is 11.5 Å². The monoisotopic (exact) mass is 481 g/mol. The molecule has 0 saturated carbocycles. The number of aliphatic carboxylic acids is 1. The first kappa shape index (κ1) is 23.2. The maximum atomic E-state index is 12.6. The van der Waals surface area contributed by atoms with Crippen LogP contribution in [0.1, 0.15) is 28.3 Å². The van der Waals surface area contributed by atoms with Gasteiger partial charge in [0.25, 0.3) is 0 Å². The molecule has 1 unspecified atom stereocenters. The molecule has 0 fully saturated rings. The molecular formula is C24H23N3O6S. The second-order valence-corrected chi connectivity index (χ2v) is 8.56. The number of ether oxygens (including phenoxy) is 2. The number of alkyl carbamates (subject to hydrolysis) is 1. The minimum Gasteiger partial charge on any atom is -0.481 e. The zero-order valence-electron chi connectivity index (χ0n) is 18.3. The van der Waals surface area contributed by atoms with Crippen molar-refractivity contribution in [1.82, 2.24) is 15.0 Å². The van der Waals surface area contributed by atoms with Gasteiger partial charge in [0.2, 0.25) is 11.8 Å². The van der Waals surface area contributed by atoms with Crippen molar-refractivity contribution in [3.63, 3.8) is 0 Å². The van der Waals surface area contributed by atoms with Crippen molar-refractivity contribution in [3.05, 3.63) is 70.6 Å². The highest BCUT2D eigenvalue weighted by Gasteiger charge is 2.30. The van der Waals surface area contributed by atoms with Crippen LogP contribution in [0.2, 0.25) is 0 Å². The number of nitrogens with zero attached hydrogens (tertiary/aromatic N) is 1. The highest BCUT2D eigenvalue weighted by atomic mass is 32.1. The molecule has 0 bridgehead atoms. The Morgan fingerprint density at radius 1 is 1.09 bits per heavy atom. The van der Waals surface area contributed by atoms with Crippen LogP contribution in [-0.4, -0.2) is 47.2 Å². The summed E-state index contributed by atoms with van der Waals surface area (Å²) in [6.45, 7) is 0.185. The summed E-state index contributed by atoms with van der Waals surface area (Å²) in [4.78, 5) is 37.0. The first-order valence-electron chi connectivity index (χ1n) is 10.6. The molecule has 10 heteroatoms. The molecule has 1 heterocycles. The summed E-state index contributed by atoms with van der Waals surface area (Å²) in [6, 6.07) is 16.2. The first-order valence-corrected chi connectivity index (χ1v) is 11.3. The molecule has 1 atom stereocenters. The molecule has 0 aliphatic heterocycles. The summed E-state index contributed by atoms with van der Waals surface area (Å²) in [6.07, 6.45) is -1.44. The number of carboxylic acids is 1. The van der Waals surface area contributed by atoms with Crippen LogP contribution < -0.4 is 15.4 Å². The predicted molar refractivity (Wildman–Crippen MR) is 125 cm³/mol. The lowest BCUT2D eigenvalue weighted by Crippen LogP contribution is -2.47. The van der Waals surface area contributed by atoms with Crippen molar-refractivity contribution in [1.29, 1.82) is 0 Å². The quantitative estimate of drug-likeness (QED) is 0.428. The van der Waals surface area contributed by atoms with E-state index in [1.807, 2.05) is 48.5 Å². The Hall–Kier alpha value is -3.92. The van der Waals surface area contributed by atoms with Crippen LogP contribution in [0.3, 0.4) is 0 Å². The lowest BCUT2D eigenvalue weighted by Gasteiger charge is -2.18. The normalized spacial score (nSPS) is 12.9. The molecule has 0 saturated heterocycles. The minimum atomic E-state index is -1.29. The smallest absolute Gasteiger partial charge is 0.407 e. The number of nitrogens with one attached hydrogen (secondary N) is 2. The molecule has 9 nitrogen and oxygen atoms in total. The second kappa shape index (κ2) is 10.3. The van der Waals surface area contributed by atoms with Crippen molar-refractivity contribution in [3.8, 4) is 17.0 Å². The fraction of sp³-hybridized carbons (Fsp3) is 0.250. The number of hydrogen-bond donors (Lipinski definition) is 3. The van der Waals surface area contributed by atoms with Gasteiger partial charge in [-0.3, -0.25) is 9.59 Å². The van der Waals surface area contributed by atoms with Gasteiger partial charge in [0.05, 0.1) is 20.1 Å². The van der Waals surface area contributed by atoms with E-state index in [2.05, 4.69) is 15.0 Å². The molecule has 3 aromatic rings. The van der Waals surface area contributed by atoms with E-state index in [9.17, 15) is 19.5 Å². The standard InChI is InChI=1S/C24H23N3O6S/c1-32-21-10-14(34-27-21)12-25-23(30)20(11-22(28)29)26-24(31)33-13-19-17-8-4-2-6-15(17)16-7-3-5-9-18(16)19/h2-10,19-20H,11-13H2,1H3,(H,25,30)(H,26,31)(H,28,29). The van der Waals surface area contributed by atoms with Crippen LogP contribution in [0.25, 0.3) is 11.1 Å². The number of carbonyl (C=O) groups is 3. The van der Waals surface area contributed by atoms with Gasteiger partial charge in [0.15, 0.2) is 0 Å². The highest BCUT2D eigenvalue weighted by Crippen LogP contribution is 2.44. The molecule has 1 aliphatic rings. The molecule has 0 radical (unpaired) electrons. The Balaban J connectivity index is 1.37. The number of hydrogen-bond acceptors (Lipinski definition) is 7. The molecule has 176 valence electrons. The van der Waals surface area contributed by atoms with E-state index in [0.717, 1.165) is 38.7 Å². The van der Waals surface area contributed by atoms with Gasteiger partial charge in [-0.05, 0) is 33.8 Å². The van der Waals surface area contributed by atoms with E-state index >= 15 is 0 Å².